The Kier molecular flexibility index (Phi) is 4.95. The molecule has 0 spiro atoms. The Bertz CT molecular complexity index is 611. The molecule has 4 heteroatoms. The summed E-state index contributed by atoms with van der Waals surface area (Å²) in [6.07, 6.45) is 0.556. The minimum Gasteiger partial charge on any atom is -0.508 e. The molecule has 110 valence electrons. The summed E-state index contributed by atoms with van der Waals surface area (Å²) >= 11 is 0. The topological polar surface area (TPSA) is 69.6 Å². The predicted molar refractivity (Wildman–Crippen MR) is 81.3 cm³/mol. The maximum Gasteiger partial charge on any atom is 0.251 e. The van der Waals surface area contributed by atoms with Crippen LogP contribution in [-0.4, -0.2) is 28.8 Å². The Balaban J connectivity index is 2.08. The van der Waals surface area contributed by atoms with E-state index in [1.54, 1.807) is 25.1 Å². The molecule has 21 heavy (non-hydrogen) atoms. The van der Waals surface area contributed by atoms with E-state index in [-0.39, 0.29) is 24.3 Å². The Labute approximate surface area is 124 Å². The van der Waals surface area contributed by atoms with Crippen molar-refractivity contribution in [2.24, 2.45) is 0 Å². The number of phenols is 1. The molecule has 0 saturated carbocycles. The van der Waals surface area contributed by atoms with Crippen molar-refractivity contribution in [3.63, 3.8) is 0 Å². The number of aliphatic hydroxyl groups excluding tert-OH is 1. The highest BCUT2D eigenvalue weighted by Crippen LogP contribution is 2.19. The second kappa shape index (κ2) is 6.90. The van der Waals surface area contributed by atoms with Crippen molar-refractivity contribution in [3.8, 4) is 5.75 Å². The zero-order valence-corrected chi connectivity index (χ0v) is 11.9. The number of rotatable bonds is 5. The first kappa shape index (κ1) is 15.1. The molecular formula is C17H19NO3. The van der Waals surface area contributed by atoms with E-state index in [1.165, 1.54) is 0 Å². The SMILES string of the molecule is Cc1c(O)cccc1C(=O)N[C@H](CO)Cc1ccccc1. The Hall–Kier alpha value is -2.33. The third-order valence-electron chi connectivity index (χ3n) is 3.43. The first-order valence-electron chi connectivity index (χ1n) is 6.86. The standard InChI is InChI=1S/C17H19NO3/c1-12-15(8-5-9-16(12)20)17(21)18-14(11-19)10-13-6-3-2-4-7-13/h2-9,14,19-20H,10-11H2,1H3,(H,18,21)/t14-/m0/s1. The van der Waals surface area contributed by atoms with E-state index >= 15 is 0 Å². The summed E-state index contributed by atoms with van der Waals surface area (Å²) in [6, 6.07) is 14.1. The van der Waals surface area contributed by atoms with Crippen LogP contribution in [-0.2, 0) is 6.42 Å². The van der Waals surface area contributed by atoms with Crippen LogP contribution in [0.4, 0.5) is 0 Å². The van der Waals surface area contributed by atoms with Crippen LogP contribution in [0.5, 0.6) is 5.75 Å². The molecule has 0 aliphatic heterocycles. The second-order valence-corrected chi connectivity index (χ2v) is 4.99. The maximum absolute atomic E-state index is 12.2. The predicted octanol–water partition coefficient (Wildman–Crippen LogP) is 2.03. The molecule has 0 aliphatic carbocycles. The van der Waals surface area contributed by atoms with Crippen LogP contribution in [0.2, 0.25) is 0 Å². The van der Waals surface area contributed by atoms with Crippen molar-refractivity contribution in [2.75, 3.05) is 6.61 Å². The number of nitrogens with one attached hydrogen (secondary N) is 1. The van der Waals surface area contributed by atoms with Gasteiger partial charge in [0, 0.05) is 11.1 Å². The first-order valence-corrected chi connectivity index (χ1v) is 6.86. The Morgan fingerprint density at radius 2 is 1.86 bits per heavy atom. The van der Waals surface area contributed by atoms with Crippen LogP contribution < -0.4 is 5.32 Å². The molecule has 1 atom stereocenters. The highest BCUT2D eigenvalue weighted by Gasteiger charge is 2.16. The van der Waals surface area contributed by atoms with Gasteiger partial charge in [0.25, 0.3) is 5.91 Å². The van der Waals surface area contributed by atoms with Crippen LogP contribution in [0, 0.1) is 6.92 Å². The van der Waals surface area contributed by atoms with Crippen LogP contribution in [0.25, 0.3) is 0 Å². The van der Waals surface area contributed by atoms with Crippen molar-refractivity contribution in [3.05, 3.63) is 65.2 Å². The third kappa shape index (κ3) is 3.83. The summed E-state index contributed by atoms with van der Waals surface area (Å²) in [4.78, 5) is 12.2. The van der Waals surface area contributed by atoms with E-state index in [1.807, 2.05) is 30.3 Å². The molecule has 0 aromatic heterocycles. The van der Waals surface area contributed by atoms with Crippen molar-refractivity contribution in [1.82, 2.24) is 5.32 Å². The number of benzene rings is 2. The lowest BCUT2D eigenvalue weighted by atomic mass is 10.0. The molecule has 0 bridgehead atoms. The molecule has 0 fully saturated rings. The van der Waals surface area contributed by atoms with Gasteiger partial charge in [-0.15, -0.1) is 0 Å². The van der Waals surface area contributed by atoms with Gasteiger partial charge in [-0.05, 0) is 31.0 Å². The number of hydrogen-bond acceptors (Lipinski definition) is 3. The summed E-state index contributed by atoms with van der Waals surface area (Å²) in [5, 5.41) is 21.9. The fourth-order valence-electron chi connectivity index (χ4n) is 2.19. The fourth-order valence-corrected chi connectivity index (χ4v) is 2.19. The fraction of sp³-hybridized carbons (Fsp3) is 0.235. The van der Waals surface area contributed by atoms with Gasteiger partial charge in [0.2, 0.25) is 0 Å². The molecule has 2 aromatic rings. The molecule has 1 amide bonds. The largest absolute Gasteiger partial charge is 0.508 e. The molecule has 0 heterocycles. The summed E-state index contributed by atoms with van der Waals surface area (Å²) in [7, 11) is 0. The van der Waals surface area contributed by atoms with Gasteiger partial charge in [-0.3, -0.25) is 4.79 Å². The van der Waals surface area contributed by atoms with Crippen molar-refractivity contribution in [1.29, 1.82) is 0 Å². The number of phenolic OH excluding ortho intramolecular Hbond substituents is 1. The summed E-state index contributed by atoms with van der Waals surface area (Å²) < 4.78 is 0. The van der Waals surface area contributed by atoms with Crippen LogP contribution in [0.15, 0.2) is 48.5 Å². The molecule has 2 aromatic carbocycles. The van der Waals surface area contributed by atoms with E-state index in [0.29, 0.717) is 17.5 Å². The number of aromatic hydroxyl groups is 1. The van der Waals surface area contributed by atoms with Crippen LogP contribution >= 0.6 is 0 Å². The molecule has 3 N–H and O–H groups in total. The van der Waals surface area contributed by atoms with Gasteiger partial charge in [0.1, 0.15) is 5.75 Å². The van der Waals surface area contributed by atoms with Gasteiger partial charge in [-0.1, -0.05) is 36.4 Å². The monoisotopic (exact) mass is 285 g/mol. The Morgan fingerprint density at radius 3 is 2.52 bits per heavy atom. The number of hydrogen-bond donors (Lipinski definition) is 3. The normalized spacial score (nSPS) is 11.9. The minimum absolute atomic E-state index is 0.0891. The molecule has 0 aliphatic rings. The lowest BCUT2D eigenvalue weighted by Crippen LogP contribution is -2.39. The highest BCUT2D eigenvalue weighted by atomic mass is 16.3. The van der Waals surface area contributed by atoms with Gasteiger partial charge >= 0.3 is 0 Å². The molecule has 0 saturated heterocycles. The molecule has 2 rings (SSSR count). The zero-order chi connectivity index (χ0) is 15.2. The average molecular weight is 285 g/mol. The van der Waals surface area contributed by atoms with Crippen molar-refractivity contribution < 1.29 is 15.0 Å². The maximum atomic E-state index is 12.2. The van der Waals surface area contributed by atoms with Gasteiger partial charge in [0.15, 0.2) is 0 Å². The first-order chi connectivity index (χ1) is 10.1. The number of carbonyl (C=O) groups excluding carboxylic acids is 1. The van der Waals surface area contributed by atoms with Gasteiger partial charge in [-0.2, -0.15) is 0 Å². The molecule has 4 nitrogen and oxygen atoms in total. The third-order valence-corrected chi connectivity index (χ3v) is 3.43. The number of amides is 1. The summed E-state index contributed by atoms with van der Waals surface area (Å²) in [5.74, 6) is -0.204. The van der Waals surface area contributed by atoms with Crippen molar-refractivity contribution >= 4 is 5.91 Å². The Morgan fingerprint density at radius 1 is 1.14 bits per heavy atom. The van der Waals surface area contributed by atoms with Gasteiger partial charge < -0.3 is 15.5 Å². The smallest absolute Gasteiger partial charge is 0.251 e. The van der Waals surface area contributed by atoms with E-state index in [2.05, 4.69) is 5.32 Å². The molecular weight excluding hydrogens is 266 g/mol. The molecule has 0 unspecified atom stereocenters. The molecule has 0 radical (unpaired) electrons. The van der Waals surface area contributed by atoms with Gasteiger partial charge in [0.05, 0.1) is 12.6 Å². The summed E-state index contributed by atoms with van der Waals surface area (Å²) in [5.41, 5.74) is 2.00. The van der Waals surface area contributed by atoms with Crippen molar-refractivity contribution in [2.45, 2.75) is 19.4 Å². The number of carbonyl (C=O) groups is 1. The zero-order valence-electron chi connectivity index (χ0n) is 11.9. The van der Waals surface area contributed by atoms with Crippen LogP contribution in [0.3, 0.4) is 0 Å². The van der Waals surface area contributed by atoms with E-state index in [0.717, 1.165) is 5.56 Å². The number of aliphatic hydroxyl groups is 1. The van der Waals surface area contributed by atoms with E-state index in [4.69, 9.17) is 0 Å². The average Bonchev–Trinajstić information content (AvgIpc) is 2.50. The summed E-state index contributed by atoms with van der Waals surface area (Å²) in [6.45, 7) is 1.55. The minimum atomic E-state index is -0.360. The van der Waals surface area contributed by atoms with Crippen LogP contribution in [0.1, 0.15) is 21.5 Å². The van der Waals surface area contributed by atoms with E-state index < -0.39 is 0 Å². The van der Waals surface area contributed by atoms with Gasteiger partial charge in [-0.25, -0.2) is 0 Å². The highest BCUT2D eigenvalue weighted by molar-refractivity contribution is 5.96. The lowest BCUT2D eigenvalue weighted by molar-refractivity contribution is 0.0915. The second-order valence-electron chi connectivity index (χ2n) is 4.99. The lowest BCUT2D eigenvalue weighted by Gasteiger charge is -2.17. The van der Waals surface area contributed by atoms with E-state index in [9.17, 15) is 15.0 Å². The quantitative estimate of drug-likeness (QED) is 0.787.